The molecule has 7 heteroatoms. The Bertz CT molecular complexity index is 825. The number of carbonyl (C=O) groups is 2. The summed E-state index contributed by atoms with van der Waals surface area (Å²) in [6.45, 7) is 7.62. The molecule has 0 saturated heterocycles. The smallest absolute Gasteiger partial charge is 0.276 e. The molecule has 0 radical (unpaired) electrons. The van der Waals surface area contributed by atoms with E-state index in [1.54, 1.807) is 25.2 Å². The number of benzene rings is 1. The number of rotatable bonds is 8. The van der Waals surface area contributed by atoms with E-state index >= 15 is 0 Å². The second-order valence-corrected chi connectivity index (χ2v) is 6.01. The molecular formula is C19H22N2O5. The Morgan fingerprint density at radius 3 is 2.58 bits per heavy atom. The van der Waals surface area contributed by atoms with E-state index < -0.39 is 0 Å². The summed E-state index contributed by atoms with van der Waals surface area (Å²) in [6.07, 6.45) is 0. The number of ether oxygens (including phenoxy) is 2. The number of methoxy groups -OCH3 is 1. The number of hydrogen-bond acceptors (Lipinski definition) is 6. The van der Waals surface area contributed by atoms with Crippen LogP contribution < -0.4 is 9.47 Å². The minimum absolute atomic E-state index is 0.0629. The molecule has 2 aromatic rings. The van der Waals surface area contributed by atoms with Gasteiger partial charge in [0.1, 0.15) is 6.61 Å². The van der Waals surface area contributed by atoms with Crippen LogP contribution in [0.15, 0.2) is 40.9 Å². The number of hydrogen-bond donors (Lipinski definition) is 0. The minimum Gasteiger partial charge on any atom is -0.493 e. The molecule has 7 nitrogen and oxygen atoms in total. The molecule has 0 aliphatic rings. The highest BCUT2D eigenvalue weighted by Gasteiger charge is 2.17. The van der Waals surface area contributed by atoms with Gasteiger partial charge in [-0.3, -0.25) is 9.59 Å². The topological polar surface area (TPSA) is 81.9 Å². The number of nitrogens with zero attached hydrogens (tertiary/aromatic N) is 2. The zero-order valence-electron chi connectivity index (χ0n) is 15.4. The Labute approximate surface area is 152 Å². The lowest BCUT2D eigenvalue weighted by Gasteiger charge is -2.14. The largest absolute Gasteiger partial charge is 0.493 e. The number of amides is 1. The Morgan fingerprint density at radius 2 is 1.96 bits per heavy atom. The Kier molecular flexibility index (Phi) is 6.16. The average molecular weight is 358 g/mol. The maximum absolute atomic E-state index is 12.2. The van der Waals surface area contributed by atoms with Crippen LogP contribution in [0.2, 0.25) is 0 Å². The van der Waals surface area contributed by atoms with Gasteiger partial charge in [-0.05, 0) is 32.0 Å². The predicted octanol–water partition coefficient (Wildman–Crippen LogP) is 3.11. The molecule has 0 atom stereocenters. The van der Waals surface area contributed by atoms with Crippen LogP contribution in [-0.4, -0.2) is 42.4 Å². The first-order valence-electron chi connectivity index (χ1n) is 7.99. The van der Waals surface area contributed by atoms with Crippen LogP contribution in [0.4, 0.5) is 0 Å². The minimum atomic E-state index is -0.258. The van der Waals surface area contributed by atoms with Gasteiger partial charge in [-0.25, -0.2) is 0 Å². The summed E-state index contributed by atoms with van der Waals surface area (Å²) in [6, 6.07) is 6.45. The van der Waals surface area contributed by atoms with Crippen molar-refractivity contribution < 1.29 is 23.6 Å². The summed E-state index contributed by atoms with van der Waals surface area (Å²) in [5.74, 6) is 0.976. The van der Waals surface area contributed by atoms with E-state index in [1.807, 2.05) is 6.92 Å². The standard InChI is InChI=1S/C19H22N2O5/c1-12(2)10-21(4)19(23)16-9-15(26-20-16)11-25-17-7-6-14(13(3)22)8-18(17)24-5/h6-9H,1,10-11H2,2-5H3. The summed E-state index contributed by atoms with van der Waals surface area (Å²) in [4.78, 5) is 25.2. The molecule has 1 heterocycles. The van der Waals surface area contributed by atoms with Gasteiger partial charge in [-0.2, -0.15) is 0 Å². The second-order valence-electron chi connectivity index (χ2n) is 6.01. The zero-order valence-corrected chi connectivity index (χ0v) is 15.4. The molecule has 2 rings (SSSR count). The van der Waals surface area contributed by atoms with Crippen molar-refractivity contribution in [3.8, 4) is 11.5 Å². The van der Waals surface area contributed by atoms with Crippen molar-refractivity contribution in [1.82, 2.24) is 10.1 Å². The molecule has 0 aliphatic heterocycles. The summed E-state index contributed by atoms with van der Waals surface area (Å²) in [7, 11) is 3.16. The van der Waals surface area contributed by atoms with Gasteiger partial charge in [-0.1, -0.05) is 17.3 Å². The first-order valence-corrected chi connectivity index (χ1v) is 7.99. The maximum atomic E-state index is 12.2. The zero-order chi connectivity index (χ0) is 19.3. The van der Waals surface area contributed by atoms with E-state index in [9.17, 15) is 9.59 Å². The molecular weight excluding hydrogens is 336 g/mol. The third-order valence-corrected chi connectivity index (χ3v) is 3.57. The highest BCUT2D eigenvalue weighted by molar-refractivity contribution is 5.94. The van der Waals surface area contributed by atoms with E-state index in [-0.39, 0.29) is 24.0 Å². The van der Waals surface area contributed by atoms with Crippen molar-refractivity contribution >= 4 is 11.7 Å². The van der Waals surface area contributed by atoms with Crippen molar-refractivity contribution in [2.45, 2.75) is 20.5 Å². The average Bonchev–Trinajstić information content (AvgIpc) is 3.07. The van der Waals surface area contributed by atoms with E-state index in [2.05, 4.69) is 11.7 Å². The van der Waals surface area contributed by atoms with Crippen LogP contribution in [0.25, 0.3) is 0 Å². The van der Waals surface area contributed by atoms with Gasteiger partial charge in [0.2, 0.25) is 0 Å². The van der Waals surface area contributed by atoms with E-state index in [0.29, 0.717) is 29.4 Å². The van der Waals surface area contributed by atoms with Gasteiger partial charge >= 0.3 is 0 Å². The van der Waals surface area contributed by atoms with Crippen LogP contribution in [0.5, 0.6) is 11.5 Å². The number of ketones is 1. The summed E-state index contributed by atoms with van der Waals surface area (Å²) in [5.41, 5.74) is 1.60. The van der Waals surface area contributed by atoms with E-state index in [4.69, 9.17) is 14.0 Å². The molecule has 26 heavy (non-hydrogen) atoms. The second kappa shape index (κ2) is 8.33. The first-order chi connectivity index (χ1) is 12.3. The SMILES string of the molecule is C=C(C)CN(C)C(=O)c1cc(COc2ccc(C(C)=O)cc2OC)on1. The van der Waals surface area contributed by atoms with E-state index in [0.717, 1.165) is 5.57 Å². The highest BCUT2D eigenvalue weighted by Crippen LogP contribution is 2.29. The van der Waals surface area contributed by atoms with Crippen LogP contribution in [-0.2, 0) is 6.61 Å². The molecule has 0 spiro atoms. The van der Waals surface area contributed by atoms with Crippen molar-refractivity contribution in [1.29, 1.82) is 0 Å². The fraction of sp³-hybridized carbons (Fsp3) is 0.316. The fourth-order valence-corrected chi connectivity index (χ4v) is 2.31. The molecule has 0 unspecified atom stereocenters. The lowest BCUT2D eigenvalue weighted by molar-refractivity contribution is 0.0796. The lowest BCUT2D eigenvalue weighted by Crippen LogP contribution is -2.28. The number of carbonyl (C=O) groups excluding carboxylic acids is 2. The van der Waals surface area contributed by atoms with Gasteiger partial charge < -0.3 is 18.9 Å². The van der Waals surface area contributed by atoms with Gasteiger partial charge in [0, 0.05) is 25.2 Å². The molecule has 1 amide bonds. The van der Waals surface area contributed by atoms with Crippen LogP contribution in [0.3, 0.4) is 0 Å². The van der Waals surface area contributed by atoms with E-state index in [1.165, 1.54) is 25.0 Å². The molecule has 1 aromatic carbocycles. The summed E-state index contributed by atoms with van der Waals surface area (Å²) < 4.78 is 16.1. The lowest BCUT2D eigenvalue weighted by atomic mass is 10.1. The van der Waals surface area contributed by atoms with Crippen molar-refractivity contribution in [3.05, 3.63) is 53.4 Å². The van der Waals surface area contributed by atoms with Crippen molar-refractivity contribution in [3.63, 3.8) is 0 Å². The van der Waals surface area contributed by atoms with Gasteiger partial charge in [-0.15, -0.1) is 0 Å². The molecule has 0 saturated carbocycles. The van der Waals surface area contributed by atoms with Crippen molar-refractivity contribution in [2.24, 2.45) is 0 Å². The molecule has 0 bridgehead atoms. The van der Waals surface area contributed by atoms with Crippen LogP contribution >= 0.6 is 0 Å². The first kappa shape index (κ1) is 19.2. The predicted molar refractivity (Wildman–Crippen MR) is 95.6 cm³/mol. The summed E-state index contributed by atoms with van der Waals surface area (Å²) >= 11 is 0. The molecule has 0 fully saturated rings. The fourth-order valence-electron chi connectivity index (χ4n) is 2.31. The number of aromatic nitrogens is 1. The van der Waals surface area contributed by atoms with Gasteiger partial charge in [0.15, 0.2) is 28.7 Å². The summed E-state index contributed by atoms with van der Waals surface area (Å²) in [5, 5.41) is 3.78. The third kappa shape index (κ3) is 4.72. The maximum Gasteiger partial charge on any atom is 0.276 e. The van der Waals surface area contributed by atoms with Gasteiger partial charge in [0.25, 0.3) is 5.91 Å². The quantitative estimate of drug-likeness (QED) is 0.533. The molecule has 0 aliphatic carbocycles. The molecule has 1 aromatic heterocycles. The highest BCUT2D eigenvalue weighted by atomic mass is 16.5. The Hall–Kier alpha value is -3.09. The van der Waals surface area contributed by atoms with Crippen LogP contribution in [0, 0.1) is 0 Å². The monoisotopic (exact) mass is 358 g/mol. The number of Topliss-reactive ketones (excluding diaryl/α,β-unsaturated/α-hetero) is 1. The Morgan fingerprint density at radius 1 is 1.23 bits per heavy atom. The Balaban J connectivity index is 2.05. The molecule has 0 N–H and O–H groups in total. The van der Waals surface area contributed by atoms with Crippen LogP contribution in [0.1, 0.15) is 40.5 Å². The third-order valence-electron chi connectivity index (χ3n) is 3.57. The van der Waals surface area contributed by atoms with Gasteiger partial charge in [0.05, 0.1) is 7.11 Å². The molecule has 138 valence electrons. The number of likely N-dealkylation sites (N-methyl/N-ethyl adjacent to an activating group) is 1. The van der Waals surface area contributed by atoms with Crippen molar-refractivity contribution in [2.75, 3.05) is 20.7 Å². The normalized spacial score (nSPS) is 10.3.